The Morgan fingerprint density at radius 3 is 2.29 bits per heavy atom. The summed E-state index contributed by atoms with van der Waals surface area (Å²) in [6, 6.07) is 0. The molecule has 0 aromatic carbocycles. The first-order valence-electron chi connectivity index (χ1n) is 2.09. The average molecular weight is 183 g/mol. The van der Waals surface area contributed by atoms with Gasteiger partial charge in [0, 0.05) is 4.83 Å². The van der Waals surface area contributed by atoms with Crippen LogP contribution in [0.1, 0.15) is 6.92 Å². The van der Waals surface area contributed by atoms with E-state index in [1.54, 1.807) is 6.08 Å². The van der Waals surface area contributed by atoms with Crippen molar-refractivity contribution in [3.05, 3.63) is 12.7 Å². The molecule has 7 heavy (non-hydrogen) atoms. The Bertz CT molecular complexity index is 61.1. The molecule has 0 unspecified atom stereocenters. The maximum Gasteiger partial charge on any atom is 0.0635 e. The Hall–Kier alpha value is 0.510. The molecule has 0 fully saturated rings. The normalized spacial score (nSPS) is 18.1. The van der Waals surface area contributed by atoms with Crippen molar-refractivity contribution in [2.75, 3.05) is 0 Å². The molecular weight excluding hydrogens is 175 g/mol. The van der Waals surface area contributed by atoms with Gasteiger partial charge in [-0.25, -0.2) is 0 Å². The van der Waals surface area contributed by atoms with Crippen molar-refractivity contribution in [1.82, 2.24) is 0 Å². The SMILES string of the molecule is C=C[C@@H](Cl)[C@@H](C)Br. The van der Waals surface area contributed by atoms with Crippen molar-refractivity contribution in [3.8, 4) is 0 Å². The van der Waals surface area contributed by atoms with Crippen molar-refractivity contribution in [1.29, 1.82) is 0 Å². The molecule has 0 saturated heterocycles. The van der Waals surface area contributed by atoms with Gasteiger partial charge in [0.1, 0.15) is 0 Å². The molecule has 0 N–H and O–H groups in total. The number of hydrogen-bond donors (Lipinski definition) is 0. The molecule has 0 nitrogen and oxygen atoms in total. The van der Waals surface area contributed by atoms with Crippen LogP contribution in [0.2, 0.25) is 0 Å². The van der Waals surface area contributed by atoms with Gasteiger partial charge in [0.2, 0.25) is 0 Å². The largest absolute Gasteiger partial charge is 0.117 e. The lowest BCUT2D eigenvalue weighted by Gasteiger charge is -2.02. The summed E-state index contributed by atoms with van der Waals surface area (Å²) < 4.78 is 0. The molecule has 0 bridgehead atoms. The summed E-state index contributed by atoms with van der Waals surface area (Å²) in [6.45, 7) is 5.51. The van der Waals surface area contributed by atoms with E-state index in [1.165, 1.54) is 0 Å². The van der Waals surface area contributed by atoms with Crippen LogP contribution < -0.4 is 0 Å². The molecule has 0 aromatic rings. The molecule has 0 radical (unpaired) electrons. The topological polar surface area (TPSA) is 0 Å². The minimum Gasteiger partial charge on any atom is -0.117 e. The number of halogens is 2. The van der Waals surface area contributed by atoms with Gasteiger partial charge in [-0.1, -0.05) is 28.9 Å². The van der Waals surface area contributed by atoms with Crippen molar-refractivity contribution >= 4 is 27.5 Å². The third kappa shape index (κ3) is 3.12. The summed E-state index contributed by atoms with van der Waals surface area (Å²) in [6.07, 6.45) is 1.71. The van der Waals surface area contributed by atoms with Gasteiger partial charge in [-0.3, -0.25) is 0 Å². The molecule has 0 spiro atoms. The summed E-state index contributed by atoms with van der Waals surface area (Å²) in [7, 11) is 0. The second kappa shape index (κ2) is 3.50. The molecule has 0 amide bonds. The lowest BCUT2D eigenvalue weighted by molar-refractivity contribution is 1.01. The molecule has 0 aromatic heterocycles. The van der Waals surface area contributed by atoms with Gasteiger partial charge < -0.3 is 0 Å². The Morgan fingerprint density at radius 2 is 2.29 bits per heavy atom. The third-order valence-corrected chi connectivity index (χ3v) is 2.09. The molecule has 0 aliphatic rings. The van der Waals surface area contributed by atoms with Crippen LogP contribution in [0.25, 0.3) is 0 Å². The highest BCUT2D eigenvalue weighted by Crippen LogP contribution is 2.10. The van der Waals surface area contributed by atoms with Crippen molar-refractivity contribution < 1.29 is 0 Å². The monoisotopic (exact) mass is 182 g/mol. The van der Waals surface area contributed by atoms with Crippen LogP contribution in [0.3, 0.4) is 0 Å². The van der Waals surface area contributed by atoms with Gasteiger partial charge in [0.05, 0.1) is 5.38 Å². The highest BCUT2D eigenvalue weighted by Gasteiger charge is 2.03. The molecule has 0 aliphatic heterocycles. The van der Waals surface area contributed by atoms with Crippen molar-refractivity contribution in [2.45, 2.75) is 17.1 Å². The lowest BCUT2D eigenvalue weighted by atomic mass is 10.3. The van der Waals surface area contributed by atoms with Gasteiger partial charge in [-0.2, -0.15) is 0 Å². The summed E-state index contributed by atoms with van der Waals surface area (Å²) in [5.74, 6) is 0. The van der Waals surface area contributed by atoms with E-state index in [4.69, 9.17) is 11.6 Å². The Morgan fingerprint density at radius 1 is 1.86 bits per heavy atom. The fraction of sp³-hybridized carbons (Fsp3) is 0.600. The average Bonchev–Trinajstić information content (AvgIpc) is 1.65. The van der Waals surface area contributed by atoms with Crippen molar-refractivity contribution in [3.63, 3.8) is 0 Å². The minimum absolute atomic E-state index is 0.0556. The zero-order valence-corrected chi connectivity index (χ0v) is 6.54. The third-order valence-electron chi connectivity index (χ3n) is 0.664. The molecule has 0 rings (SSSR count). The van der Waals surface area contributed by atoms with Gasteiger partial charge in [-0.05, 0) is 0 Å². The summed E-state index contributed by atoms with van der Waals surface area (Å²) >= 11 is 8.93. The number of rotatable bonds is 2. The molecule has 0 aliphatic carbocycles. The van der Waals surface area contributed by atoms with Crippen LogP contribution >= 0.6 is 27.5 Å². The zero-order chi connectivity index (χ0) is 5.86. The van der Waals surface area contributed by atoms with E-state index in [-0.39, 0.29) is 5.38 Å². The number of hydrogen-bond acceptors (Lipinski definition) is 0. The number of allylic oxidation sites excluding steroid dienone is 1. The molecular formula is C5H8BrCl. The van der Waals surface area contributed by atoms with Crippen LogP contribution in [0, 0.1) is 0 Å². The highest BCUT2D eigenvalue weighted by molar-refractivity contribution is 9.09. The van der Waals surface area contributed by atoms with E-state index < -0.39 is 0 Å². The van der Waals surface area contributed by atoms with E-state index in [0.29, 0.717) is 4.83 Å². The quantitative estimate of drug-likeness (QED) is 0.456. The lowest BCUT2D eigenvalue weighted by Crippen LogP contribution is -2.04. The summed E-state index contributed by atoms with van der Waals surface area (Å²) in [4.78, 5) is 0.326. The minimum atomic E-state index is 0.0556. The standard InChI is InChI=1S/C5H8BrCl/c1-3-5(7)4(2)6/h3-5H,1H2,2H3/t4-,5-/m1/s1. The first kappa shape index (κ1) is 7.51. The maximum absolute atomic E-state index is 5.64. The van der Waals surface area contributed by atoms with Crippen LogP contribution in [0.15, 0.2) is 12.7 Å². The molecule has 0 saturated carbocycles. The predicted molar refractivity (Wildman–Crippen MR) is 38.2 cm³/mol. The smallest absolute Gasteiger partial charge is 0.0635 e. The first-order valence-corrected chi connectivity index (χ1v) is 3.44. The first-order chi connectivity index (χ1) is 3.18. The molecule has 0 heterocycles. The summed E-state index contributed by atoms with van der Waals surface area (Å²) in [5.41, 5.74) is 0. The van der Waals surface area contributed by atoms with E-state index in [0.717, 1.165) is 0 Å². The second-order valence-electron chi connectivity index (χ2n) is 1.36. The molecule has 42 valence electrons. The molecule has 2 heteroatoms. The number of alkyl halides is 2. The van der Waals surface area contributed by atoms with Crippen LogP contribution in [-0.4, -0.2) is 10.2 Å². The van der Waals surface area contributed by atoms with Crippen LogP contribution in [0.4, 0.5) is 0 Å². The maximum atomic E-state index is 5.64. The molecule has 2 atom stereocenters. The van der Waals surface area contributed by atoms with Crippen LogP contribution in [-0.2, 0) is 0 Å². The van der Waals surface area contributed by atoms with E-state index >= 15 is 0 Å². The fourth-order valence-corrected chi connectivity index (χ4v) is 0.403. The Balaban J connectivity index is 3.33. The summed E-state index contributed by atoms with van der Waals surface area (Å²) in [5, 5.41) is 0.0556. The van der Waals surface area contributed by atoms with E-state index in [2.05, 4.69) is 22.5 Å². The van der Waals surface area contributed by atoms with E-state index in [9.17, 15) is 0 Å². The predicted octanol–water partition coefficient (Wildman–Crippen LogP) is 2.56. The Kier molecular flexibility index (Phi) is 3.76. The van der Waals surface area contributed by atoms with Gasteiger partial charge >= 0.3 is 0 Å². The zero-order valence-electron chi connectivity index (χ0n) is 4.20. The second-order valence-corrected chi connectivity index (χ2v) is 3.31. The van der Waals surface area contributed by atoms with E-state index in [1.807, 2.05) is 6.92 Å². The van der Waals surface area contributed by atoms with Crippen molar-refractivity contribution in [2.24, 2.45) is 0 Å². The van der Waals surface area contributed by atoms with Gasteiger partial charge in [0.25, 0.3) is 0 Å². The van der Waals surface area contributed by atoms with Gasteiger partial charge in [0.15, 0.2) is 0 Å². The highest BCUT2D eigenvalue weighted by atomic mass is 79.9. The fourth-order valence-electron chi connectivity index (χ4n) is 0.188. The Labute approximate surface area is 57.7 Å². The van der Waals surface area contributed by atoms with Gasteiger partial charge in [-0.15, -0.1) is 18.2 Å². The van der Waals surface area contributed by atoms with Crippen LogP contribution in [0.5, 0.6) is 0 Å².